The molecule has 0 aliphatic carbocycles. The van der Waals surface area contributed by atoms with E-state index >= 15 is 0 Å². The first kappa shape index (κ1) is 7.34. The van der Waals surface area contributed by atoms with Crippen LogP contribution in [0.25, 0.3) is 0 Å². The molecule has 0 aliphatic heterocycles. The topological polar surface area (TPSA) is 36.2 Å². The Bertz CT molecular complexity index is 114. The monoisotopic (exact) mass is 112 g/mol. The number of nitrogens with one attached hydrogen (secondary N) is 1. The second-order valence-electron chi connectivity index (χ2n) is 1.65. The molecule has 0 aromatic heterocycles. The van der Waals surface area contributed by atoms with E-state index in [4.69, 9.17) is 5.41 Å². The van der Waals surface area contributed by atoms with Gasteiger partial charge in [0, 0.05) is 12.8 Å². The van der Waals surface area contributed by atoms with E-state index in [9.17, 15) is 0 Å². The van der Waals surface area contributed by atoms with Crippen LogP contribution < -0.4 is 0 Å². The maximum absolute atomic E-state index is 7.12. The Labute approximate surface area is 50.1 Å². The van der Waals surface area contributed by atoms with Crippen molar-refractivity contribution in [3.05, 3.63) is 0 Å². The number of nitrogens with zero attached hydrogens (tertiary/aromatic N) is 1. The fourth-order valence-electron chi connectivity index (χ4n) is 0.591. The highest BCUT2D eigenvalue weighted by Gasteiger charge is 1.93. The Morgan fingerprint density at radius 3 is 2.12 bits per heavy atom. The predicted molar refractivity (Wildman–Crippen MR) is 37.1 cm³/mol. The van der Waals surface area contributed by atoms with Crippen LogP contribution in [0.5, 0.6) is 0 Å². The van der Waals surface area contributed by atoms with Gasteiger partial charge in [-0.1, -0.05) is 6.92 Å². The summed E-state index contributed by atoms with van der Waals surface area (Å²) in [5.41, 5.74) is 1.47. The van der Waals surface area contributed by atoms with E-state index in [2.05, 4.69) is 4.99 Å². The summed E-state index contributed by atoms with van der Waals surface area (Å²) in [6.45, 7) is 3.76. The number of hydrogen-bond donors (Lipinski definition) is 1. The van der Waals surface area contributed by atoms with Gasteiger partial charge < -0.3 is 5.41 Å². The van der Waals surface area contributed by atoms with Crippen LogP contribution in [-0.4, -0.2) is 18.5 Å². The number of rotatable bonds is 2. The summed E-state index contributed by atoms with van der Waals surface area (Å²) in [4.78, 5) is 3.90. The molecule has 0 spiro atoms. The molecular formula is C6H12N2. The van der Waals surface area contributed by atoms with Crippen LogP contribution in [0.15, 0.2) is 4.99 Å². The van der Waals surface area contributed by atoms with Gasteiger partial charge in [0.2, 0.25) is 0 Å². The molecule has 0 fully saturated rings. The zero-order valence-corrected chi connectivity index (χ0v) is 5.65. The van der Waals surface area contributed by atoms with E-state index in [-0.39, 0.29) is 0 Å². The van der Waals surface area contributed by atoms with Crippen molar-refractivity contribution < 1.29 is 0 Å². The third kappa shape index (κ3) is 1.87. The van der Waals surface area contributed by atoms with Gasteiger partial charge in [-0.25, -0.2) is 0 Å². The third-order valence-electron chi connectivity index (χ3n) is 1.04. The summed E-state index contributed by atoms with van der Waals surface area (Å²) >= 11 is 0. The lowest BCUT2D eigenvalue weighted by Gasteiger charge is -1.95. The SMILES string of the molecule is CCC(=NC)C(C)=N. The smallest absolute Gasteiger partial charge is 0.0546 e. The fourth-order valence-corrected chi connectivity index (χ4v) is 0.591. The molecule has 2 nitrogen and oxygen atoms in total. The average Bonchev–Trinajstić information content (AvgIpc) is 1.69. The average molecular weight is 112 g/mol. The van der Waals surface area contributed by atoms with Gasteiger partial charge in [0.15, 0.2) is 0 Å². The summed E-state index contributed by atoms with van der Waals surface area (Å²) in [5.74, 6) is 0. The van der Waals surface area contributed by atoms with Crippen molar-refractivity contribution in [2.24, 2.45) is 4.99 Å². The fraction of sp³-hybridized carbons (Fsp3) is 0.667. The van der Waals surface area contributed by atoms with E-state index in [0.717, 1.165) is 12.1 Å². The van der Waals surface area contributed by atoms with Crippen molar-refractivity contribution in [3.63, 3.8) is 0 Å². The van der Waals surface area contributed by atoms with E-state index in [0.29, 0.717) is 5.71 Å². The van der Waals surface area contributed by atoms with Gasteiger partial charge in [0.25, 0.3) is 0 Å². The Kier molecular flexibility index (Phi) is 3.08. The second-order valence-corrected chi connectivity index (χ2v) is 1.65. The summed E-state index contributed by atoms with van der Waals surface area (Å²) in [6, 6.07) is 0. The van der Waals surface area contributed by atoms with Gasteiger partial charge >= 0.3 is 0 Å². The van der Waals surface area contributed by atoms with Crippen molar-refractivity contribution in [1.82, 2.24) is 0 Å². The van der Waals surface area contributed by atoms with Gasteiger partial charge in [0.1, 0.15) is 0 Å². The van der Waals surface area contributed by atoms with E-state index in [1.807, 2.05) is 6.92 Å². The Morgan fingerprint density at radius 2 is 2.12 bits per heavy atom. The molecule has 8 heavy (non-hydrogen) atoms. The van der Waals surface area contributed by atoms with Crippen molar-refractivity contribution in [2.45, 2.75) is 20.3 Å². The molecule has 0 aliphatic rings. The zero-order chi connectivity index (χ0) is 6.57. The van der Waals surface area contributed by atoms with E-state index in [1.54, 1.807) is 14.0 Å². The van der Waals surface area contributed by atoms with E-state index < -0.39 is 0 Å². The molecule has 0 radical (unpaired) electrons. The van der Waals surface area contributed by atoms with Gasteiger partial charge in [-0.05, 0) is 13.3 Å². The molecule has 0 rings (SSSR count). The van der Waals surface area contributed by atoms with Crippen molar-refractivity contribution in [2.75, 3.05) is 7.05 Å². The molecule has 2 heteroatoms. The maximum Gasteiger partial charge on any atom is 0.0546 e. The molecule has 0 saturated heterocycles. The van der Waals surface area contributed by atoms with Gasteiger partial charge in [-0.15, -0.1) is 0 Å². The van der Waals surface area contributed by atoms with Crippen molar-refractivity contribution in [1.29, 1.82) is 5.41 Å². The number of aliphatic imine (C=N–C) groups is 1. The summed E-state index contributed by atoms with van der Waals surface area (Å²) in [6.07, 6.45) is 0.867. The van der Waals surface area contributed by atoms with Gasteiger partial charge in [0.05, 0.1) is 5.71 Å². The van der Waals surface area contributed by atoms with Crippen LogP contribution in [0.2, 0.25) is 0 Å². The normalized spacial score (nSPS) is 11.6. The highest BCUT2D eigenvalue weighted by atomic mass is 14.7. The largest absolute Gasteiger partial charge is 0.304 e. The quantitative estimate of drug-likeness (QED) is 0.526. The van der Waals surface area contributed by atoms with Crippen LogP contribution >= 0.6 is 0 Å². The summed E-state index contributed by atoms with van der Waals surface area (Å²) < 4.78 is 0. The Morgan fingerprint density at radius 1 is 1.62 bits per heavy atom. The lowest BCUT2D eigenvalue weighted by molar-refractivity contribution is 1.26. The van der Waals surface area contributed by atoms with Crippen molar-refractivity contribution >= 4 is 11.4 Å². The Hall–Kier alpha value is -0.660. The molecule has 0 heterocycles. The van der Waals surface area contributed by atoms with E-state index in [1.165, 1.54) is 0 Å². The minimum atomic E-state index is 0.579. The summed E-state index contributed by atoms with van der Waals surface area (Å²) in [7, 11) is 1.72. The third-order valence-corrected chi connectivity index (χ3v) is 1.04. The molecule has 46 valence electrons. The van der Waals surface area contributed by atoms with Crippen LogP contribution in [0.3, 0.4) is 0 Å². The van der Waals surface area contributed by atoms with Crippen LogP contribution in [0, 0.1) is 5.41 Å². The molecule has 0 atom stereocenters. The van der Waals surface area contributed by atoms with Crippen LogP contribution in [0.1, 0.15) is 20.3 Å². The minimum absolute atomic E-state index is 0.579. The van der Waals surface area contributed by atoms with Crippen LogP contribution in [0.4, 0.5) is 0 Å². The Balaban J connectivity index is 3.92. The lowest BCUT2D eigenvalue weighted by atomic mass is 10.2. The maximum atomic E-state index is 7.12. The van der Waals surface area contributed by atoms with Crippen molar-refractivity contribution in [3.8, 4) is 0 Å². The molecular weight excluding hydrogens is 100 g/mol. The second kappa shape index (κ2) is 3.36. The minimum Gasteiger partial charge on any atom is -0.304 e. The highest BCUT2D eigenvalue weighted by molar-refractivity contribution is 6.40. The highest BCUT2D eigenvalue weighted by Crippen LogP contribution is 1.85. The first-order valence-corrected chi connectivity index (χ1v) is 2.73. The van der Waals surface area contributed by atoms with Crippen LogP contribution in [-0.2, 0) is 0 Å². The molecule has 0 unspecified atom stereocenters. The lowest BCUT2D eigenvalue weighted by Crippen LogP contribution is -2.06. The first-order chi connectivity index (χ1) is 3.72. The standard InChI is InChI=1S/C6H12N2/c1-4-6(8-3)5(2)7/h7H,4H2,1-3H3. The van der Waals surface area contributed by atoms with Gasteiger partial charge in [-0.3, -0.25) is 4.99 Å². The molecule has 0 aromatic rings. The predicted octanol–water partition coefficient (Wildman–Crippen LogP) is 1.51. The molecule has 0 amide bonds. The number of hydrogen-bond acceptors (Lipinski definition) is 2. The molecule has 0 aromatic carbocycles. The first-order valence-electron chi connectivity index (χ1n) is 2.73. The molecule has 0 saturated carbocycles. The molecule has 0 bridgehead atoms. The molecule has 1 N–H and O–H groups in total. The zero-order valence-electron chi connectivity index (χ0n) is 5.65. The van der Waals surface area contributed by atoms with Gasteiger partial charge in [-0.2, -0.15) is 0 Å². The summed E-state index contributed by atoms with van der Waals surface area (Å²) in [5, 5.41) is 7.12.